The molecule has 152 valence electrons. The van der Waals surface area contributed by atoms with Crippen LogP contribution in [-0.2, 0) is 4.79 Å². The summed E-state index contributed by atoms with van der Waals surface area (Å²) < 4.78 is 5.65. The van der Waals surface area contributed by atoms with Crippen LogP contribution in [0.2, 0.25) is 0 Å². The number of rotatable bonds is 13. The Bertz CT molecular complexity index is 680. The molecule has 0 aromatic carbocycles. The number of hydroxylamine groups is 1. The second-order valence-electron chi connectivity index (χ2n) is 6.60. The molecule has 0 atom stereocenters. The molecule has 0 saturated carbocycles. The number of ether oxygens (including phenoxy) is 1. The number of nitrogens with zero attached hydrogens (tertiary/aromatic N) is 3. The van der Waals surface area contributed by atoms with Gasteiger partial charge in [-0.05, 0) is 37.5 Å². The number of pyridine rings is 2. The number of aromatic nitrogens is 2. The maximum Gasteiger partial charge on any atom is 0.243 e. The molecule has 0 fully saturated rings. The minimum absolute atomic E-state index is 0.331. The van der Waals surface area contributed by atoms with Gasteiger partial charge in [0.1, 0.15) is 5.82 Å². The lowest BCUT2D eigenvalue weighted by Gasteiger charge is -2.23. The topological polar surface area (TPSA) is 87.6 Å². The molecule has 0 spiro atoms. The Morgan fingerprint density at radius 3 is 2.64 bits per heavy atom. The van der Waals surface area contributed by atoms with Gasteiger partial charge in [-0.1, -0.05) is 32.3 Å². The molecular weight excluding hydrogens is 356 g/mol. The molecule has 0 aliphatic heterocycles. The van der Waals surface area contributed by atoms with Crippen molar-refractivity contribution in [1.82, 2.24) is 15.4 Å². The second kappa shape index (κ2) is 12.7. The lowest BCUT2D eigenvalue weighted by Crippen LogP contribution is -2.20. The van der Waals surface area contributed by atoms with Gasteiger partial charge in [0.05, 0.1) is 18.5 Å². The Morgan fingerprint density at radius 2 is 1.96 bits per heavy atom. The molecule has 0 unspecified atom stereocenters. The fraction of sp³-hybridized carbons (Fsp3) is 0.476. The van der Waals surface area contributed by atoms with Crippen LogP contribution in [0.15, 0.2) is 42.7 Å². The van der Waals surface area contributed by atoms with Crippen LogP contribution in [0.3, 0.4) is 0 Å². The Kier molecular flexibility index (Phi) is 9.79. The van der Waals surface area contributed by atoms with E-state index in [-0.39, 0.29) is 5.91 Å². The van der Waals surface area contributed by atoms with Crippen molar-refractivity contribution in [2.24, 2.45) is 0 Å². The molecule has 1 amide bonds. The van der Waals surface area contributed by atoms with E-state index in [1.54, 1.807) is 11.7 Å². The van der Waals surface area contributed by atoms with Crippen LogP contribution in [0.4, 0.5) is 11.5 Å². The van der Waals surface area contributed by atoms with Crippen molar-refractivity contribution in [3.8, 4) is 5.88 Å². The zero-order valence-electron chi connectivity index (χ0n) is 16.5. The Balaban J connectivity index is 1.92. The molecule has 2 heterocycles. The van der Waals surface area contributed by atoms with E-state index in [1.807, 2.05) is 36.5 Å². The third-order valence-corrected chi connectivity index (χ3v) is 4.37. The van der Waals surface area contributed by atoms with Gasteiger partial charge in [-0.3, -0.25) is 10.0 Å². The minimum atomic E-state index is -0.331. The van der Waals surface area contributed by atoms with Gasteiger partial charge < -0.3 is 9.64 Å². The highest BCUT2D eigenvalue weighted by molar-refractivity contribution is 5.74. The van der Waals surface area contributed by atoms with E-state index in [1.165, 1.54) is 0 Å². The smallest absolute Gasteiger partial charge is 0.243 e. The van der Waals surface area contributed by atoms with Crippen molar-refractivity contribution in [2.75, 3.05) is 18.1 Å². The molecule has 7 heteroatoms. The molecule has 0 bridgehead atoms. The summed E-state index contributed by atoms with van der Waals surface area (Å²) in [5.74, 6) is 1.19. The quantitative estimate of drug-likeness (QED) is 0.304. The van der Waals surface area contributed by atoms with Crippen LogP contribution in [0.1, 0.15) is 51.9 Å². The van der Waals surface area contributed by atoms with E-state index in [4.69, 9.17) is 9.94 Å². The van der Waals surface area contributed by atoms with Crippen molar-refractivity contribution < 1.29 is 14.7 Å². The summed E-state index contributed by atoms with van der Waals surface area (Å²) in [6.07, 6.45) is 9.73. The molecule has 0 saturated heterocycles. The summed E-state index contributed by atoms with van der Waals surface area (Å²) in [6.45, 7) is 3.62. The number of amides is 1. The summed E-state index contributed by atoms with van der Waals surface area (Å²) >= 11 is 0. The van der Waals surface area contributed by atoms with E-state index in [2.05, 4.69) is 21.8 Å². The van der Waals surface area contributed by atoms with Crippen molar-refractivity contribution in [1.29, 1.82) is 0 Å². The fourth-order valence-corrected chi connectivity index (χ4v) is 2.79. The number of carbonyl (C=O) groups excluding carboxylic acids is 1. The van der Waals surface area contributed by atoms with E-state index >= 15 is 0 Å². The Hall–Kier alpha value is -2.67. The fourth-order valence-electron chi connectivity index (χ4n) is 2.79. The van der Waals surface area contributed by atoms with Gasteiger partial charge >= 0.3 is 0 Å². The molecule has 2 aromatic rings. The Labute approximate surface area is 166 Å². The zero-order chi connectivity index (χ0) is 20.0. The van der Waals surface area contributed by atoms with Gasteiger partial charge in [-0.15, -0.1) is 0 Å². The van der Waals surface area contributed by atoms with Gasteiger partial charge in [0.25, 0.3) is 0 Å². The summed E-state index contributed by atoms with van der Waals surface area (Å²) in [5.41, 5.74) is 2.64. The molecule has 2 aromatic heterocycles. The average Bonchev–Trinajstić information content (AvgIpc) is 2.74. The van der Waals surface area contributed by atoms with Gasteiger partial charge in [-0.25, -0.2) is 15.4 Å². The molecule has 0 radical (unpaired) electrons. The number of carbonyl (C=O) groups is 1. The summed E-state index contributed by atoms with van der Waals surface area (Å²) in [6, 6.07) is 9.76. The molecule has 0 aliphatic carbocycles. The first-order chi connectivity index (χ1) is 13.7. The van der Waals surface area contributed by atoms with E-state index in [0.717, 1.165) is 56.6 Å². The van der Waals surface area contributed by atoms with Crippen molar-refractivity contribution >= 4 is 17.4 Å². The molecular formula is C21H30N4O3. The first kappa shape index (κ1) is 21.6. The highest BCUT2D eigenvalue weighted by Crippen LogP contribution is 2.25. The zero-order valence-corrected chi connectivity index (χ0v) is 16.5. The third-order valence-electron chi connectivity index (χ3n) is 4.37. The highest BCUT2D eigenvalue weighted by atomic mass is 16.5. The van der Waals surface area contributed by atoms with Crippen molar-refractivity contribution in [3.63, 3.8) is 0 Å². The maximum absolute atomic E-state index is 11.0. The number of anilines is 2. The summed E-state index contributed by atoms with van der Waals surface area (Å²) in [7, 11) is 0. The van der Waals surface area contributed by atoms with E-state index in [0.29, 0.717) is 18.9 Å². The molecule has 7 nitrogen and oxygen atoms in total. The van der Waals surface area contributed by atoms with E-state index < -0.39 is 0 Å². The number of hydrogen-bond acceptors (Lipinski definition) is 6. The molecule has 2 N–H and O–H groups in total. The minimum Gasteiger partial charge on any atom is -0.478 e. The number of hydrogen-bond donors (Lipinski definition) is 2. The largest absolute Gasteiger partial charge is 0.478 e. The van der Waals surface area contributed by atoms with Crippen LogP contribution >= 0.6 is 0 Å². The predicted molar refractivity (Wildman–Crippen MR) is 109 cm³/mol. The predicted octanol–water partition coefficient (Wildman–Crippen LogP) is 4.25. The highest BCUT2D eigenvalue weighted by Gasteiger charge is 2.11. The Morgan fingerprint density at radius 1 is 1.11 bits per heavy atom. The molecule has 0 aliphatic rings. The van der Waals surface area contributed by atoms with Crippen LogP contribution < -0.4 is 15.1 Å². The first-order valence-electron chi connectivity index (χ1n) is 9.95. The van der Waals surface area contributed by atoms with E-state index in [9.17, 15) is 4.79 Å². The standard InChI is InChI=1S/C21H30N4O3/c1-2-3-16-28-21-13-12-18(17-23-21)25(19-10-7-8-14-22-19)15-9-5-4-6-11-20(26)24-27/h7-8,10,12-14,17,27H,2-6,9,11,15-16H2,1H3,(H,24,26). The second-order valence-corrected chi connectivity index (χ2v) is 6.60. The van der Waals surface area contributed by atoms with Gasteiger partial charge in [0.15, 0.2) is 0 Å². The third kappa shape index (κ3) is 7.52. The molecule has 28 heavy (non-hydrogen) atoms. The molecule has 2 rings (SSSR count). The monoisotopic (exact) mass is 386 g/mol. The van der Waals surface area contributed by atoms with Crippen LogP contribution in [0, 0.1) is 0 Å². The first-order valence-corrected chi connectivity index (χ1v) is 9.95. The van der Waals surface area contributed by atoms with Gasteiger partial charge in [-0.2, -0.15) is 0 Å². The average molecular weight is 386 g/mol. The lowest BCUT2D eigenvalue weighted by molar-refractivity contribution is -0.129. The number of unbranched alkanes of at least 4 members (excludes halogenated alkanes) is 4. The van der Waals surface area contributed by atoms with Crippen molar-refractivity contribution in [2.45, 2.75) is 51.9 Å². The lowest BCUT2D eigenvalue weighted by atomic mass is 10.1. The van der Waals surface area contributed by atoms with Gasteiger partial charge in [0.2, 0.25) is 11.8 Å². The van der Waals surface area contributed by atoms with Crippen LogP contribution in [0.25, 0.3) is 0 Å². The van der Waals surface area contributed by atoms with Crippen LogP contribution in [-0.4, -0.2) is 34.2 Å². The summed E-state index contributed by atoms with van der Waals surface area (Å²) in [4.78, 5) is 22.1. The van der Waals surface area contributed by atoms with Gasteiger partial charge in [0, 0.05) is 25.2 Å². The number of nitrogens with one attached hydrogen (secondary N) is 1. The maximum atomic E-state index is 11.0. The SMILES string of the molecule is CCCCOc1ccc(N(CCCCCCC(=O)NO)c2ccccn2)cn1. The summed E-state index contributed by atoms with van der Waals surface area (Å²) in [5, 5.41) is 8.51. The van der Waals surface area contributed by atoms with Crippen LogP contribution in [0.5, 0.6) is 5.88 Å². The van der Waals surface area contributed by atoms with Crippen molar-refractivity contribution in [3.05, 3.63) is 42.7 Å². The normalized spacial score (nSPS) is 10.5.